The molecule has 1 unspecified atom stereocenters. The van der Waals surface area contributed by atoms with Gasteiger partial charge >= 0.3 is 0 Å². The lowest BCUT2D eigenvalue weighted by Crippen LogP contribution is -2.54. The van der Waals surface area contributed by atoms with Gasteiger partial charge in [0.15, 0.2) is 0 Å². The van der Waals surface area contributed by atoms with E-state index in [2.05, 4.69) is 17.6 Å². The van der Waals surface area contributed by atoms with Gasteiger partial charge in [0.2, 0.25) is 5.91 Å². The summed E-state index contributed by atoms with van der Waals surface area (Å²) in [5, 5.41) is 6.06. The van der Waals surface area contributed by atoms with Crippen molar-refractivity contribution in [2.24, 2.45) is 0 Å². The smallest absolute Gasteiger partial charge is 0.242 e. The highest BCUT2D eigenvalue weighted by Gasteiger charge is 2.27. The SMILES string of the molecule is CCCNCc1c(F)cccc1N1CCNC(=O)C1C. The van der Waals surface area contributed by atoms with Gasteiger partial charge < -0.3 is 15.5 Å². The predicted molar refractivity (Wildman–Crippen MR) is 78.2 cm³/mol. The molecule has 2 rings (SSSR count). The Morgan fingerprint density at radius 3 is 3.05 bits per heavy atom. The van der Waals surface area contributed by atoms with Crippen LogP contribution >= 0.6 is 0 Å². The van der Waals surface area contributed by atoms with Gasteiger partial charge in [0.1, 0.15) is 11.9 Å². The first-order valence-electron chi connectivity index (χ1n) is 7.17. The maximum absolute atomic E-state index is 14.1. The van der Waals surface area contributed by atoms with Crippen molar-refractivity contribution in [2.75, 3.05) is 24.5 Å². The lowest BCUT2D eigenvalue weighted by atomic mass is 10.1. The number of anilines is 1. The molecule has 0 radical (unpaired) electrons. The zero-order valence-corrected chi connectivity index (χ0v) is 12.1. The molecule has 0 aliphatic carbocycles. The van der Waals surface area contributed by atoms with E-state index in [1.54, 1.807) is 6.07 Å². The summed E-state index contributed by atoms with van der Waals surface area (Å²) in [6.45, 7) is 6.57. The second-order valence-corrected chi connectivity index (χ2v) is 5.07. The maximum atomic E-state index is 14.1. The van der Waals surface area contributed by atoms with Crippen LogP contribution in [0.25, 0.3) is 0 Å². The van der Waals surface area contributed by atoms with E-state index in [1.165, 1.54) is 6.07 Å². The molecule has 0 aromatic heterocycles. The maximum Gasteiger partial charge on any atom is 0.242 e. The first kappa shape index (κ1) is 14.8. The third-order valence-electron chi connectivity index (χ3n) is 3.63. The Bertz CT molecular complexity index is 478. The largest absolute Gasteiger partial charge is 0.358 e. The Balaban J connectivity index is 2.25. The van der Waals surface area contributed by atoms with Crippen LogP contribution in [0.4, 0.5) is 10.1 Å². The summed E-state index contributed by atoms with van der Waals surface area (Å²) >= 11 is 0. The van der Waals surface area contributed by atoms with Crippen molar-refractivity contribution in [1.82, 2.24) is 10.6 Å². The van der Waals surface area contributed by atoms with Crippen molar-refractivity contribution >= 4 is 11.6 Å². The van der Waals surface area contributed by atoms with Crippen LogP contribution in [0.15, 0.2) is 18.2 Å². The average molecular weight is 279 g/mol. The van der Waals surface area contributed by atoms with E-state index in [0.717, 1.165) is 18.7 Å². The number of hydrogen-bond donors (Lipinski definition) is 2. The first-order valence-corrected chi connectivity index (χ1v) is 7.17. The monoisotopic (exact) mass is 279 g/mol. The normalized spacial score (nSPS) is 19.1. The molecular weight excluding hydrogens is 257 g/mol. The molecule has 1 fully saturated rings. The highest BCUT2D eigenvalue weighted by Crippen LogP contribution is 2.26. The second-order valence-electron chi connectivity index (χ2n) is 5.07. The summed E-state index contributed by atoms with van der Waals surface area (Å²) in [5.74, 6) is -0.225. The van der Waals surface area contributed by atoms with Gasteiger partial charge in [0.05, 0.1) is 0 Å². The third-order valence-corrected chi connectivity index (χ3v) is 3.63. The molecule has 1 amide bonds. The van der Waals surface area contributed by atoms with E-state index in [9.17, 15) is 9.18 Å². The Hall–Kier alpha value is -1.62. The fraction of sp³-hybridized carbons (Fsp3) is 0.533. The van der Waals surface area contributed by atoms with Gasteiger partial charge in [-0.2, -0.15) is 0 Å². The van der Waals surface area contributed by atoms with Gasteiger partial charge in [-0.1, -0.05) is 13.0 Å². The van der Waals surface area contributed by atoms with E-state index in [4.69, 9.17) is 0 Å². The zero-order chi connectivity index (χ0) is 14.5. The van der Waals surface area contributed by atoms with Crippen molar-refractivity contribution in [1.29, 1.82) is 0 Å². The number of carbonyl (C=O) groups excluding carboxylic acids is 1. The Morgan fingerprint density at radius 2 is 2.30 bits per heavy atom. The van der Waals surface area contributed by atoms with Gasteiger partial charge in [-0.25, -0.2) is 4.39 Å². The fourth-order valence-electron chi connectivity index (χ4n) is 2.49. The molecule has 2 N–H and O–H groups in total. The standard InChI is InChI=1S/C15H22FN3O/c1-3-7-17-10-12-13(16)5-4-6-14(12)19-9-8-18-15(20)11(19)2/h4-6,11,17H,3,7-10H2,1-2H3,(H,18,20). The van der Waals surface area contributed by atoms with Crippen LogP contribution in [-0.4, -0.2) is 31.6 Å². The Labute approximate surface area is 119 Å². The third kappa shape index (κ3) is 3.10. The summed E-state index contributed by atoms with van der Waals surface area (Å²) < 4.78 is 14.1. The molecule has 1 aromatic carbocycles. The van der Waals surface area contributed by atoms with Crippen LogP contribution in [-0.2, 0) is 11.3 Å². The molecule has 1 saturated heterocycles. The van der Waals surface area contributed by atoms with E-state index >= 15 is 0 Å². The van der Waals surface area contributed by atoms with Gasteiger partial charge in [-0.3, -0.25) is 4.79 Å². The quantitative estimate of drug-likeness (QED) is 0.806. The molecule has 1 heterocycles. The van der Waals surface area contributed by atoms with E-state index < -0.39 is 0 Å². The van der Waals surface area contributed by atoms with E-state index in [0.29, 0.717) is 25.2 Å². The highest BCUT2D eigenvalue weighted by molar-refractivity contribution is 5.86. The van der Waals surface area contributed by atoms with Gasteiger partial charge in [0.25, 0.3) is 0 Å². The average Bonchev–Trinajstić information content (AvgIpc) is 2.44. The van der Waals surface area contributed by atoms with Gasteiger partial charge in [-0.05, 0) is 32.0 Å². The van der Waals surface area contributed by atoms with Gasteiger partial charge in [0, 0.05) is 30.9 Å². The molecule has 5 heteroatoms. The second kappa shape index (κ2) is 6.70. The highest BCUT2D eigenvalue weighted by atomic mass is 19.1. The number of carbonyl (C=O) groups is 1. The summed E-state index contributed by atoms with van der Waals surface area (Å²) in [6, 6.07) is 4.80. The van der Waals surface area contributed by atoms with Crippen LogP contribution in [0.2, 0.25) is 0 Å². The van der Waals surface area contributed by atoms with Crippen LogP contribution in [0, 0.1) is 5.82 Å². The number of benzene rings is 1. The van der Waals surface area contributed by atoms with Crippen LogP contribution in [0.5, 0.6) is 0 Å². The summed E-state index contributed by atoms with van der Waals surface area (Å²) in [7, 11) is 0. The number of hydrogen-bond acceptors (Lipinski definition) is 3. The minimum absolute atomic E-state index is 0.00650. The molecule has 0 spiro atoms. The zero-order valence-electron chi connectivity index (χ0n) is 12.1. The number of amides is 1. The lowest BCUT2D eigenvalue weighted by molar-refractivity contribution is -0.122. The van der Waals surface area contributed by atoms with Crippen molar-refractivity contribution in [3.63, 3.8) is 0 Å². The number of piperazine rings is 1. The molecule has 20 heavy (non-hydrogen) atoms. The molecule has 0 bridgehead atoms. The molecule has 1 atom stereocenters. The fourth-order valence-corrected chi connectivity index (χ4v) is 2.49. The van der Waals surface area contributed by atoms with Crippen LogP contribution in [0.3, 0.4) is 0 Å². The molecule has 0 saturated carbocycles. The summed E-state index contributed by atoms with van der Waals surface area (Å²) in [4.78, 5) is 13.7. The van der Waals surface area contributed by atoms with Gasteiger partial charge in [-0.15, -0.1) is 0 Å². The van der Waals surface area contributed by atoms with E-state index in [1.807, 2.05) is 17.9 Å². The Morgan fingerprint density at radius 1 is 1.50 bits per heavy atom. The first-order chi connectivity index (χ1) is 9.65. The number of rotatable bonds is 5. The van der Waals surface area contributed by atoms with E-state index in [-0.39, 0.29) is 17.8 Å². The lowest BCUT2D eigenvalue weighted by Gasteiger charge is -2.36. The topological polar surface area (TPSA) is 44.4 Å². The van der Waals surface area contributed by atoms with Crippen molar-refractivity contribution in [3.05, 3.63) is 29.6 Å². The molecule has 1 aliphatic heterocycles. The minimum Gasteiger partial charge on any atom is -0.358 e. The molecular formula is C15H22FN3O. The number of nitrogens with zero attached hydrogens (tertiary/aromatic N) is 1. The van der Waals surface area contributed by atoms with Crippen molar-refractivity contribution in [3.8, 4) is 0 Å². The van der Waals surface area contributed by atoms with Crippen molar-refractivity contribution in [2.45, 2.75) is 32.9 Å². The molecule has 1 aromatic rings. The summed E-state index contributed by atoms with van der Waals surface area (Å²) in [6.07, 6.45) is 1.01. The predicted octanol–water partition coefficient (Wildman–Crippen LogP) is 1.65. The summed E-state index contributed by atoms with van der Waals surface area (Å²) in [5.41, 5.74) is 1.46. The number of halogens is 1. The van der Waals surface area contributed by atoms with Crippen LogP contribution in [0.1, 0.15) is 25.8 Å². The van der Waals surface area contributed by atoms with Crippen LogP contribution < -0.4 is 15.5 Å². The number of nitrogens with one attached hydrogen (secondary N) is 2. The Kier molecular flexibility index (Phi) is 4.95. The van der Waals surface area contributed by atoms with Crippen molar-refractivity contribution < 1.29 is 9.18 Å². The minimum atomic E-state index is -0.268. The molecule has 110 valence electrons. The molecule has 4 nitrogen and oxygen atoms in total. The molecule has 1 aliphatic rings.